The van der Waals surface area contributed by atoms with Crippen molar-refractivity contribution in [2.75, 3.05) is 6.54 Å². The number of non-ortho nitro benzene ring substituents is 1. The van der Waals surface area contributed by atoms with Gasteiger partial charge >= 0.3 is 0 Å². The van der Waals surface area contributed by atoms with E-state index < -0.39 is 4.92 Å². The van der Waals surface area contributed by atoms with Crippen LogP contribution >= 0.6 is 0 Å². The number of nitro groups is 1. The average Bonchev–Trinajstić information content (AvgIpc) is 3.45. The van der Waals surface area contributed by atoms with Crippen LogP contribution in [0.5, 0.6) is 0 Å². The maximum atomic E-state index is 12.4. The van der Waals surface area contributed by atoms with Crippen LogP contribution in [0.3, 0.4) is 0 Å². The first-order valence-corrected chi connectivity index (χ1v) is 10.2. The van der Waals surface area contributed by atoms with E-state index >= 15 is 0 Å². The number of aryl methyl sites for hydroxylation is 2. The molecule has 0 saturated carbocycles. The summed E-state index contributed by atoms with van der Waals surface area (Å²) < 4.78 is 3.38. The zero-order valence-electron chi connectivity index (χ0n) is 17.5. The number of hydrogen-bond donors (Lipinski definition) is 1. The molecule has 0 aliphatic carbocycles. The third kappa shape index (κ3) is 4.72. The molecule has 1 N–H and O–H groups in total. The summed E-state index contributed by atoms with van der Waals surface area (Å²) >= 11 is 0. The zero-order valence-corrected chi connectivity index (χ0v) is 17.5. The van der Waals surface area contributed by atoms with Crippen molar-refractivity contribution < 1.29 is 9.72 Å². The lowest BCUT2D eigenvalue weighted by atomic mass is 10.1. The van der Waals surface area contributed by atoms with Gasteiger partial charge in [0, 0.05) is 31.1 Å². The van der Waals surface area contributed by atoms with Gasteiger partial charge in [-0.2, -0.15) is 10.2 Å². The normalized spacial score (nSPS) is 10.8. The van der Waals surface area contributed by atoms with E-state index in [0.717, 1.165) is 29.8 Å². The highest BCUT2D eigenvalue weighted by atomic mass is 16.6. The highest BCUT2D eigenvalue weighted by Gasteiger charge is 2.11. The van der Waals surface area contributed by atoms with Crippen LogP contribution in [0.15, 0.2) is 73.2 Å². The first-order chi connectivity index (χ1) is 15.5. The lowest BCUT2D eigenvalue weighted by molar-refractivity contribution is -0.384. The molecular formula is C23H22N6O3. The summed E-state index contributed by atoms with van der Waals surface area (Å²) in [5.41, 5.74) is 4.21. The topological polar surface area (TPSA) is 108 Å². The minimum absolute atomic E-state index is 0.00317. The molecule has 2 heterocycles. The Morgan fingerprint density at radius 2 is 1.75 bits per heavy atom. The van der Waals surface area contributed by atoms with Gasteiger partial charge in [-0.3, -0.25) is 14.9 Å². The third-order valence-electron chi connectivity index (χ3n) is 5.10. The van der Waals surface area contributed by atoms with Crippen LogP contribution in [0.2, 0.25) is 0 Å². The quantitative estimate of drug-likeness (QED) is 0.261. The standard InChI is InChI=1S/C23H22N6O3/c1-17-18(15-28(26-17)20-7-3-2-4-8-20)6-5-13-24-23(30)19-14-25-27(16-19)21-9-11-22(12-10-21)29(31)32/h2-4,7-12,14-16H,5-6,13H2,1H3,(H,24,30). The number of aromatic nitrogens is 4. The van der Waals surface area contributed by atoms with Gasteiger partial charge < -0.3 is 5.32 Å². The minimum atomic E-state index is -0.458. The van der Waals surface area contributed by atoms with Crippen molar-refractivity contribution in [3.63, 3.8) is 0 Å². The van der Waals surface area contributed by atoms with Gasteiger partial charge in [0.05, 0.1) is 33.8 Å². The predicted molar refractivity (Wildman–Crippen MR) is 119 cm³/mol. The molecule has 0 aliphatic rings. The maximum absolute atomic E-state index is 12.4. The molecule has 32 heavy (non-hydrogen) atoms. The van der Waals surface area contributed by atoms with Crippen molar-refractivity contribution in [2.45, 2.75) is 19.8 Å². The van der Waals surface area contributed by atoms with Crippen LogP contribution in [-0.2, 0) is 6.42 Å². The van der Waals surface area contributed by atoms with Crippen molar-refractivity contribution in [2.24, 2.45) is 0 Å². The number of nitro benzene ring substituents is 1. The maximum Gasteiger partial charge on any atom is 0.269 e. The number of hydrogen-bond acceptors (Lipinski definition) is 5. The monoisotopic (exact) mass is 430 g/mol. The largest absolute Gasteiger partial charge is 0.352 e. The Morgan fingerprint density at radius 1 is 1.03 bits per heavy atom. The second-order valence-electron chi connectivity index (χ2n) is 7.33. The number of nitrogens with zero attached hydrogens (tertiary/aromatic N) is 5. The molecule has 1 amide bonds. The Hall–Kier alpha value is -4.27. The molecule has 0 fully saturated rings. The van der Waals surface area contributed by atoms with Crippen LogP contribution < -0.4 is 5.32 Å². The van der Waals surface area contributed by atoms with E-state index in [2.05, 4.69) is 15.5 Å². The molecule has 9 heteroatoms. The SMILES string of the molecule is Cc1nn(-c2ccccc2)cc1CCCNC(=O)c1cnn(-c2ccc([N+](=O)[O-])cc2)c1. The van der Waals surface area contributed by atoms with Crippen LogP contribution in [0.4, 0.5) is 5.69 Å². The molecule has 0 radical (unpaired) electrons. The molecular weight excluding hydrogens is 408 g/mol. The molecule has 0 spiro atoms. The Labute approximate surface area is 184 Å². The van der Waals surface area contributed by atoms with Gasteiger partial charge in [0.1, 0.15) is 0 Å². The van der Waals surface area contributed by atoms with Crippen molar-refractivity contribution in [3.05, 3.63) is 100 Å². The second-order valence-corrected chi connectivity index (χ2v) is 7.33. The molecule has 4 rings (SSSR count). The number of amides is 1. The van der Waals surface area contributed by atoms with E-state index in [9.17, 15) is 14.9 Å². The fourth-order valence-corrected chi connectivity index (χ4v) is 3.35. The van der Waals surface area contributed by atoms with Gasteiger partial charge in [-0.15, -0.1) is 0 Å². The molecule has 0 aliphatic heterocycles. The van der Waals surface area contributed by atoms with Gasteiger partial charge in [-0.25, -0.2) is 9.36 Å². The van der Waals surface area contributed by atoms with Gasteiger partial charge in [0.25, 0.3) is 11.6 Å². The first-order valence-electron chi connectivity index (χ1n) is 10.2. The van der Waals surface area contributed by atoms with Crippen LogP contribution in [-0.4, -0.2) is 36.9 Å². The van der Waals surface area contributed by atoms with Gasteiger partial charge in [-0.1, -0.05) is 18.2 Å². The molecule has 0 saturated heterocycles. The Bertz CT molecular complexity index is 1230. The number of benzene rings is 2. The van der Waals surface area contributed by atoms with E-state index in [4.69, 9.17) is 0 Å². The first kappa shape index (κ1) is 21.0. The minimum Gasteiger partial charge on any atom is -0.352 e. The summed E-state index contributed by atoms with van der Waals surface area (Å²) in [6.07, 6.45) is 6.70. The average molecular weight is 430 g/mol. The summed E-state index contributed by atoms with van der Waals surface area (Å²) in [7, 11) is 0. The summed E-state index contributed by atoms with van der Waals surface area (Å²) in [5.74, 6) is -0.213. The summed E-state index contributed by atoms with van der Waals surface area (Å²) in [5, 5.41) is 22.4. The molecule has 0 unspecified atom stereocenters. The van der Waals surface area contributed by atoms with Gasteiger partial charge in [0.2, 0.25) is 0 Å². The summed E-state index contributed by atoms with van der Waals surface area (Å²) in [6.45, 7) is 2.51. The molecule has 2 aromatic carbocycles. The number of carbonyl (C=O) groups is 1. The number of para-hydroxylation sites is 1. The van der Waals surface area contributed by atoms with Crippen molar-refractivity contribution >= 4 is 11.6 Å². The van der Waals surface area contributed by atoms with Crippen LogP contribution in [0.1, 0.15) is 28.0 Å². The molecule has 9 nitrogen and oxygen atoms in total. The molecule has 4 aromatic rings. The molecule has 2 aromatic heterocycles. The Kier molecular flexibility index (Phi) is 6.07. The Balaban J connectivity index is 1.29. The highest BCUT2D eigenvalue weighted by Crippen LogP contribution is 2.16. The Morgan fingerprint density at radius 3 is 2.47 bits per heavy atom. The lowest BCUT2D eigenvalue weighted by Gasteiger charge is -2.03. The fourth-order valence-electron chi connectivity index (χ4n) is 3.35. The number of nitrogens with one attached hydrogen (secondary N) is 1. The highest BCUT2D eigenvalue weighted by molar-refractivity contribution is 5.93. The van der Waals surface area contributed by atoms with Crippen LogP contribution in [0, 0.1) is 17.0 Å². The van der Waals surface area contributed by atoms with E-state index in [0.29, 0.717) is 17.8 Å². The molecule has 0 atom stereocenters. The lowest BCUT2D eigenvalue weighted by Crippen LogP contribution is -2.24. The fraction of sp³-hybridized carbons (Fsp3) is 0.174. The zero-order chi connectivity index (χ0) is 22.5. The summed E-state index contributed by atoms with van der Waals surface area (Å²) in [4.78, 5) is 22.7. The van der Waals surface area contributed by atoms with E-state index in [1.807, 2.05) is 48.1 Å². The van der Waals surface area contributed by atoms with Crippen LogP contribution in [0.25, 0.3) is 11.4 Å². The van der Waals surface area contributed by atoms with Gasteiger partial charge in [-0.05, 0) is 49.6 Å². The van der Waals surface area contributed by atoms with Crippen molar-refractivity contribution in [1.82, 2.24) is 24.9 Å². The summed E-state index contributed by atoms with van der Waals surface area (Å²) in [6, 6.07) is 15.9. The van der Waals surface area contributed by atoms with Crippen molar-refractivity contribution in [3.8, 4) is 11.4 Å². The molecule has 0 bridgehead atoms. The van der Waals surface area contributed by atoms with Gasteiger partial charge in [0.15, 0.2) is 0 Å². The van der Waals surface area contributed by atoms with Crippen molar-refractivity contribution in [1.29, 1.82) is 0 Å². The number of rotatable bonds is 8. The number of carbonyl (C=O) groups excluding carboxylic acids is 1. The third-order valence-corrected chi connectivity index (χ3v) is 5.10. The van der Waals surface area contributed by atoms with E-state index in [1.165, 1.54) is 23.0 Å². The smallest absolute Gasteiger partial charge is 0.269 e. The van der Waals surface area contributed by atoms with E-state index in [-0.39, 0.29) is 11.6 Å². The molecule has 162 valence electrons. The second kappa shape index (κ2) is 9.25. The van der Waals surface area contributed by atoms with E-state index in [1.54, 1.807) is 18.3 Å². The predicted octanol–water partition coefficient (Wildman–Crippen LogP) is 3.64.